The minimum Gasteiger partial charge on any atom is -0.356 e. The first-order chi connectivity index (χ1) is 15.2. The van der Waals surface area contributed by atoms with Gasteiger partial charge < -0.3 is 14.7 Å². The maximum Gasteiger partial charge on any atom is 0.274 e. The lowest BCUT2D eigenvalue weighted by molar-refractivity contribution is 0.0785. The van der Waals surface area contributed by atoms with Crippen molar-refractivity contribution in [3.63, 3.8) is 0 Å². The normalized spacial score (nSPS) is 18.4. The summed E-state index contributed by atoms with van der Waals surface area (Å²) in [7, 11) is 0. The van der Waals surface area contributed by atoms with Crippen LogP contribution in [0.5, 0.6) is 0 Å². The molecule has 3 heterocycles. The zero-order valence-electron chi connectivity index (χ0n) is 18.0. The molecule has 1 saturated heterocycles. The number of hydrogen-bond donors (Lipinski definition) is 1. The van der Waals surface area contributed by atoms with Gasteiger partial charge >= 0.3 is 0 Å². The molecular weight excluding hydrogens is 390 g/mol. The van der Waals surface area contributed by atoms with Crippen LogP contribution in [-0.2, 0) is 25.9 Å². The Bertz CT molecular complexity index is 1050. The molecule has 7 heteroatoms. The molecule has 1 aromatic carbocycles. The first-order valence-corrected chi connectivity index (χ1v) is 11.3. The van der Waals surface area contributed by atoms with Crippen LogP contribution in [0.4, 0.5) is 0 Å². The summed E-state index contributed by atoms with van der Waals surface area (Å²) in [5, 5.41) is 12.6. The smallest absolute Gasteiger partial charge is 0.274 e. The van der Waals surface area contributed by atoms with E-state index in [2.05, 4.69) is 17.4 Å². The van der Waals surface area contributed by atoms with Gasteiger partial charge in [-0.1, -0.05) is 35.5 Å². The highest BCUT2D eigenvalue weighted by molar-refractivity contribution is 5.94. The highest BCUT2D eigenvalue weighted by atomic mass is 16.5. The Hall–Kier alpha value is -2.93. The van der Waals surface area contributed by atoms with E-state index in [4.69, 9.17) is 9.62 Å². The summed E-state index contributed by atoms with van der Waals surface area (Å²) in [5.41, 5.74) is 4.95. The average molecular weight is 420 g/mol. The minimum absolute atomic E-state index is 0.102. The zero-order chi connectivity index (χ0) is 21.2. The first kappa shape index (κ1) is 20.0. The molecule has 3 aromatic rings. The minimum atomic E-state index is 0.102. The van der Waals surface area contributed by atoms with Crippen molar-refractivity contribution in [1.29, 1.82) is 0 Å². The Balaban J connectivity index is 1.28. The molecule has 1 aliphatic carbocycles. The SMILES string of the molecule is CCn1nc(C(=O)N2CCCC2)c2c1CC[C@@H](NCc1cc(-c3ccccc3)on1)C2. The molecule has 162 valence electrons. The quantitative estimate of drug-likeness (QED) is 0.662. The molecule has 2 aliphatic rings. The van der Waals surface area contributed by atoms with Gasteiger partial charge in [-0.05, 0) is 39.0 Å². The van der Waals surface area contributed by atoms with Crippen LogP contribution in [-0.4, -0.2) is 44.9 Å². The maximum atomic E-state index is 13.1. The lowest BCUT2D eigenvalue weighted by Gasteiger charge is -2.24. The van der Waals surface area contributed by atoms with Gasteiger partial charge in [0.05, 0.1) is 5.69 Å². The van der Waals surface area contributed by atoms with Gasteiger partial charge in [-0.3, -0.25) is 9.48 Å². The largest absolute Gasteiger partial charge is 0.356 e. The van der Waals surface area contributed by atoms with E-state index in [1.54, 1.807) is 0 Å². The third-order valence-electron chi connectivity index (χ3n) is 6.43. The Kier molecular flexibility index (Phi) is 5.59. The molecule has 0 spiro atoms. The molecule has 5 rings (SSSR count). The number of rotatable bonds is 6. The number of carbonyl (C=O) groups excluding carboxylic acids is 1. The fourth-order valence-corrected chi connectivity index (χ4v) is 4.75. The summed E-state index contributed by atoms with van der Waals surface area (Å²) in [6, 6.07) is 12.3. The molecule has 1 aliphatic heterocycles. The number of aromatic nitrogens is 3. The van der Waals surface area contributed by atoms with Crippen molar-refractivity contribution in [3.8, 4) is 11.3 Å². The van der Waals surface area contributed by atoms with Crippen molar-refractivity contribution in [2.45, 2.75) is 58.2 Å². The number of aryl methyl sites for hydroxylation is 1. The van der Waals surface area contributed by atoms with Crippen LogP contribution in [0.3, 0.4) is 0 Å². The van der Waals surface area contributed by atoms with E-state index in [0.717, 1.165) is 74.3 Å². The van der Waals surface area contributed by atoms with Crippen LogP contribution >= 0.6 is 0 Å². The van der Waals surface area contributed by atoms with E-state index in [1.807, 2.05) is 46.0 Å². The van der Waals surface area contributed by atoms with E-state index < -0.39 is 0 Å². The van der Waals surface area contributed by atoms with Crippen molar-refractivity contribution in [2.75, 3.05) is 13.1 Å². The number of benzene rings is 1. The zero-order valence-corrected chi connectivity index (χ0v) is 18.0. The predicted molar refractivity (Wildman–Crippen MR) is 118 cm³/mol. The van der Waals surface area contributed by atoms with E-state index >= 15 is 0 Å². The maximum absolute atomic E-state index is 13.1. The molecule has 1 N–H and O–H groups in total. The monoisotopic (exact) mass is 419 g/mol. The van der Waals surface area contributed by atoms with Crippen LogP contribution in [0.1, 0.15) is 53.6 Å². The van der Waals surface area contributed by atoms with Crippen LogP contribution in [0, 0.1) is 0 Å². The molecule has 0 saturated carbocycles. The van der Waals surface area contributed by atoms with Crippen LogP contribution in [0.25, 0.3) is 11.3 Å². The number of carbonyl (C=O) groups is 1. The average Bonchev–Trinajstić information content (AvgIpc) is 3.57. The number of nitrogens with zero attached hydrogens (tertiary/aromatic N) is 4. The highest BCUT2D eigenvalue weighted by Gasteiger charge is 2.31. The van der Waals surface area contributed by atoms with Crippen LogP contribution in [0.15, 0.2) is 40.9 Å². The molecule has 0 radical (unpaired) electrons. The number of nitrogens with one attached hydrogen (secondary N) is 1. The summed E-state index contributed by atoms with van der Waals surface area (Å²) >= 11 is 0. The number of amides is 1. The second-order valence-electron chi connectivity index (χ2n) is 8.46. The summed E-state index contributed by atoms with van der Waals surface area (Å²) in [5.74, 6) is 0.886. The Morgan fingerprint density at radius 1 is 1.23 bits per heavy atom. The third kappa shape index (κ3) is 4.02. The van der Waals surface area contributed by atoms with Crippen molar-refractivity contribution in [2.24, 2.45) is 0 Å². The van der Waals surface area contributed by atoms with Gasteiger partial charge in [0, 0.05) is 55.1 Å². The lowest BCUT2D eigenvalue weighted by Crippen LogP contribution is -2.35. The van der Waals surface area contributed by atoms with Crippen molar-refractivity contribution < 1.29 is 9.32 Å². The molecule has 0 unspecified atom stereocenters. The molecule has 31 heavy (non-hydrogen) atoms. The third-order valence-corrected chi connectivity index (χ3v) is 6.43. The standard InChI is InChI=1S/C24H29N5O2/c1-2-29-21-11-10-18(14-20(21)23(26-29)24(30)28-12-6-7-13-28)25-16-19-15-22(31-27-19)17-8-4-3-5-9-17/h3-5,8-9,15,18,25H,2,6-7,10-14,16H2,1H3/t18-/m1/s1. The number of fused-ring (bicyclic) bond motifs is 1. The molecule has 7 nitrogen and oxygen atoms in total. The summed E-state index contributed by atoms with van der Waals surface area (Å²) in [4.78, 5) is 15.0. The fraction of sp³-hybridized carbons (Fsp3) is 0.458. The van der Waals surface area contributed by atoms with Gasteiger partial charge in [0.15, 0.2) is 11.5 Å². The summed E-state index contributed by atoms with van der Waals surface area (Å²) in [6.07, 6.45) is 4.98. The molecule has 0 bridgehead atoms. The number of likely N-dealkylation sites (tertiary alicyclic amines) is 1. The van der Waals surface area contributed by atoms with E-state index in [0.29, 0.717) is 18.3 Å². The van der Waals surface area contributed by atoms with Gasteiger partial charge in [-0.25, -0.2) is 0 Å². The van der Waals surface area contributed by atoms with Crippen LogP contribution in [0.2, 0.25) is 0 Å². The van der Waals surface area contributed by atoms with Gasteiger partial charge in [-0.2, -0.15) is 5.10 Å². The molecule has 1 atom stereocenters. The van der Waals surface area contributed by atoms with Gasteiger partial charge in [-0.15, -0.1) is 0 Å². The summed E-state index contributed by atoms with van der Waals surface area (Å²) < 4.78 is 7.55. The van der Waals surface area contributed by atoms with Crippen LogP contribution < -0.4 is 5.32 Å². The van der Waals surface area contributed by atoms with E-state index in [-0.39, 0.29) is 5.91 Å². The van der Waals surface area contributed by atoms with Gasteiger partial charge in [0.1, 0.15) is 0 Å². The molecule has 2 aromatic heterocycles. The molecular formula is C24H29N5O2. The Morgan fingerprint density at radius 3 is 2.81 bits per heavy atom. The second kappa shape index (κ2) is 8.67. The Labute approximate surface area is 182 Å². The predicted octanol–water partition coefficient (Wildman–Crippen LogP) is 3.44. The summed E-state index contributed by atoms with van der Waals surface area (Å²) in [6.45, 7) is 5.24. The van der Waals surface area contributed by atoms with Crippen molar-refractivity contribution in [3.05, 3.63) is 59.0 Å². The molecule has 1 fully saturated rings. The topological polar surface area (TPSA) is 76.2 Å². The van der Waals surface area contributed by atoms with E-state index in [1.165, 1.54) is 5.69 Å². The van der Waals surface area contributed by atoms with Gasteiger partial charge in [0.25, 0.3) is 5.91 Å². The van der Waals surface area contributed by atoms with Gasteiger partial charge in [0.2, 0.25) is 0 Å². The molecule has 1 amide bonds. The first-order valence-electron chi connectivity index (χ1n) is 11.3. The number of hydrogen-bond acceptors (Lipinski definition) is 5. The second-order valence-corrected chi connectivity index (χ2v) is 8.46. The fourth-order valence-electron chi connectivity index (χ4n) is 4.75. The van der Waals surface area contributed by atoms with E-state index in [9.17, 15) is 4.79 Å². The Morgan fingerprint density at radius 2 is 2.03 bits per heavy atom. The lowest BCUT2D eigenvalue weighted by atomic mass is 9.91. The van der Waals surface area contributed by atoms with Crippen molar-refractivity contribution in [1.82, 2.24) is 25.2 Å². The highest BCUT2D eigenvalue weighted by Crippen LogP contribution is 2.27. The van der Waals surface area contributed by atoms with Crippen molar-refractivity contribution >= 4 is 5.91 Å².